The minimum atomic E-state index is -1.52. The molecule has 101 heavy (non-hydrogen) atoms. The number of allylic oxidation sites excluding steroid dienone is 16. The SMILES string of the molecule is CC/C=C\C/C=C\C/C=C\C/C=C\C/C=C\C/C=C\C/C=C\C/C=C\CCCCCCCCCCCCC(=O)OC(COC(=O)CCCCCCCCCCCCCCCCCCCCCCCCCCCCCCCCCCCCCCCCCCC)COC(OCC[N+](C)(C)C)C(=O)O. The van der Waals surface area contributed by atoms with Crippen LogP contribution in [0.4, 0.5) is 0 Å². The van der Waals surface area contributed by atoms with E-state index in [0.717, 1.165) is 96.3 Å². The van der Waals surface area contributed by atoms with E-state index >= 15 is 0 Å². The second-order valence-corrected chi connectivity index (χ2v) is 30.5. The monoisotopic (exact) mass is 1410 g/mol. The minimum absolute atomic E-state index is 0.184. The van der Waals surface area contributed by atoms with Gasteiger partial charge in [-0.2, -0.15) is 0 Å². The number of carboxylic acids is 1. The van der Waals surface area contributed by atoms with E-state index in [1.807, 2.05) is 21.1 Å². The standard InChI is InChI=1S/C92H165NO8/c1-6-8-10-12-14-16-18-20-22-24-26-28-30-32-34-36-38-40-42-43-44-45-46-47-49-50-52-54-56-58-60-62-64-66-68-70-72-74-76-78-80-82-89(94)99-86-88(87-100-92(91(96)97)98-85-84-93(3,4)5)101-90(95)83-81-79-77-75-73-71-69-67-65-63-61-59-57-55-53-51-48-41-39-37-35-33-31-29-27-25-23-21-19-17-15-13-11-9-7-2/h9,11,15,17,21,23,27,29,33,35,39,41,51,53,57,59,88,92H,6-8,10,12-14,16,18-20,22,24-26,28,30-32,34,36-38,40,42-50,52,54-56,58,60-87H2,1-5H3/p+1/b11-9-,17-15-,23-21-,29-27-,35-33-,41-39-,53-51-,59-57-. The van der Waals surface area contributed by atoms with Gasteiger partial charge in [0.25, 0.3) is 6.29 Å². The molecule has 0 saturated heterocycles. The number of rotatable bonds is 81. The van der Waals surface area contributed by atoms with Crippen molar-refractivity contribution >= 4 is 17.9 Å². The normalized spacial score (nSPS) is 13.1. The number of carbonyl (C=O) groups is 3. The van der Waals surface area contributed by atoms with E-state index < -0.39 is 24.3 Å². The smallest absolute Gasteiger partial charge is 0.361 e. The summed E-state index contributed by atoms with van der Waals surface area (Å²) < 4.78 is 23.1. The van der Waals surface area contributed by atoms with Crippen LogP contribution in [0.3, 0.4) is 0 Å². The van der Waals surface area contributed by atoms with Crippen LogP contribution in [0.1, 0.15) is 412 Å². The van der Waals surface area contributed by atoms with Gasteiger partial charge in [-0.15, -0.1) is 0 Å². The molecule has 0 heterocycles. The van der Waals surface area contributed by atoms with Crippen molar-refractivity contribution in [2.24, 2.45) is 0 Å². The van der Waals surface area contributed by atoms with Gasteiger partial charge in [0.1, 0.15) is 13.2 Å². The molecule has 0 aliphatic rings. The second kappa shape index (κ2) is 81.9. The van der Waals surface area contributed by atoms with Crippen molar-refractivity contribution in [1.29, 1.82) is 0 Å². The van der Waals surface area contributed by atoms with Crippen molar-refractivity contribution in [2.45, 2.75) is 424 Å². The topological polar surface area (TPSA) is 108 Å². The molecule has 586 valence electrons. The van der Waals surface area contributed by atoms with Gasteiger partial charge in [-0.25, -0.2) is 4.79 Å². The molecule has 0 aliphatic carbocycles. The van der Waals surface area contributed by atoms with Crippen LogP contribution in [0.15, 0.2) is 97.2 Å². The van der Waals surface area contributed by atoms with Crippen LogP contribution in [0.5, 0.6) is 0 Å². The van der Waals surface area contributed by atoms with Gasteiger partial charge in [-0.05, 0) is 77.0 Å². The number of unbranched alkanes of at least 4 members (excludes halogenated alkanes) is 50. The van der Waals surface area contributed by atoms with Gasteiger partial charge in [0, 0.05) is 12.8 Å². The fourth-order valence-corrected chi connectivity index (χ4v) is 12.8. The van der Waals surface area contributed by atoms with Gasteiger partial charge in [0.15, 0.2) is 6.10 Å². The summed E-state index contributed by atoms with van der Waals surface area (Å²) in [6.07, 6.45) is 112. The highest BCUT2D eigenvalue weighted by molar-refractivity contribution is 5.71. The quantitative estimate of drug-likeness (QED) is 0.0211. The van der Waals surface area contributed by atoms with Crippen molar-refractivity contribution < 1.29 is 42.9 Å². The van der Waals surface area contributed by atoms with Crippen LogP contribution in [0.25, 0.3) is 0 Å². The van der Waals surface area contributed by atoms with Crippen LogP contribution < -0.4 is 0 Å². The summed E-state index contributed by atoms with van der Waals surface area (Å²) >= 11 is 0. The summed E-state index contributed by atoms with van der Waals surface area (Å²) in [5.41, 5.74) is 0. The van der Waals surface area contributed by atoms with Crippen LogP contribution in [0.2, 0.25) is 0 Å². The molecule has 2 unspecified atom stereocenters. The highest BCUT2D eigenvalue weighted by Crippen LogP contribution is 2.20. The maximum atomic E-state index is 13.0. The summed E-state index contributed by atoms with van der Waals surface area (Å²) in [5, 5.41) is 9.79. The number of ether oxygens (including phenoxy) is 4. The molecule has 0 bridgehead atoms. The number of hydrogen-bond acceptors (Lipinski definition) is 7. The fourth-order valence-electron chi connectivity index (χ4n) is 12.8. The molecule has 0 radical (unpaired) electrons. The number of esters is 2. The van der Waals surface area contributed by atoms with Gasteiger partial charge in [-0.1, -0.05) is 419 Å². The largest absolute Gasteiger partial charge is 0.477 e. The average molecular weight is 1410 g/mol. The zero-order valence-corrected chi connectivity index (χ0v) is 67.3. The first-order chi connectivity index (χ1) is 49.6. The highest BCUT2D eigenvalue weighted by Gasteiger charge is 2.25. The van der Waals surface area contributed by atoms with Crippen molar-refractivity contribution in [3.63, 3.8) is 0 Å². The fraction of sp³-hybridized carbons (Fsp3) is 0.793. The molecule has 0 fully saturated rings. The highest BCUT2D eigenvalue weighted by atomic mass is 16.7. The first-order valence-electron chi connectivity index (χ1n) is 43.4. The molecular formula is C92H166NO8+. The summed E-state index contributed by atoms with van der Waals surface area (Å²) in [6.45, 7) is 4.81. The summed E-state index contributed by atoms with van der Waals surface area (Å²) in [4.78, 5) is 37.8. The van der Waals surface area contributed by atoms with Crippen LogP contribution in [0, 0.1) is 0 Å². The Labute approximate surface area is 626 Å². The third kappa shape index (κ3) is 83.4. The lowest BCUT2D eigenvalue weighted by molar-refractivity contribution is -0.870. The Balaban J connectivity index is 3.97. The Hall–Kier alpha value is -3.79. The maximum absolute atomic E-state index is 13.0. The molecule has 0 saturated carbocycles. The van der Waals surface area contributed by atoms with E-state index in [1.165, 1.54) is 283 Å². The average Bonchev–Trinajstić information content (AvgIpc) is 1.25. The number of hydrogen-bond donors (Lipinski definition) is 1. The predicted octanol–water partition coefficient (Wildman–Crippen LogP) is 28.3. The van der Waals surface area contributed by atoms with E-state index in [2.05, 4.69) is 111 Å². The Morgan fingerprint density at radius 1 is 0.307 bits per heavy atom. The first-order valence-corrected chi connectivity index (χ1v) is 43.4. The molecule has 9 heteroatoms. The van der Waals surface area contributed by atoms with Crippen molar-refractivity contribution in [1.82, 2.24) is 0 Å². The lowest BCUT2D eigenvalue weighted by Crippen LogP contribution is -2.40. The first kappa shape index (κ1) is 97.2. The van der Waals surface area contributed by atoms with Crippen molar-refractivity contribution in [2.75, 3.05) is 47.5 Å². The molecule has 0 rings (SSSR count). The second-order valence-electron chi connectivity index (χ2n) is 30.5. The van der Waals surface area contributed by atoms with E-state index in [1.54, 1.807) is 0 Å². The molecule has 0 aliphatic heterocycles. The van der Waals surface area contributed by atoms with Crippen LogP contribution in [-0.2, 0) is 33.3 Å². The zero-order valence-electron chi connectivity index (χ0n) is 67.3. The van der Waals surface area contributed by atoms with Gasteiger partial charge in [0.2, 0.25) is 0 Å². The van der Waals surface area contributed by atoms with Crippen LogP contribution >= 0.6 is 0 Å². The van der Waals surface area contributed by atoms with E-state index in [-0.39, 0.29) is 32.2 Å². The van der Waals surface area contributed by atoms with E-state index in [4.69, 9.17) is 18.9 Å². The third-order valence-corrected chi connectivity index (χ3v) is 19.4. The van der Waals surface area contributed by atoms with Gasteiger partial charge >= 0.3 is 17.9 Å². The van der Waals surface area contributed by atoms with Gasteiger partial charge < -0.3 is 28.5 Å². The number of carbonyl (C=O) groups excluding carboxylic acids is 2. The lowest BCUT2D eigenvalue weighted by Gasteiger charge is -2.25. The lowest BCUT2D eigenvalue weighted by atomic mass is 10.0. The van der Waals surface area contributed by atoms with Gasteiger partial charge in [-0.3, -0.25) is 9.59 Å². The molecular weight excluding hydrogens is 1250 g/mol. The van der Waals surface area contributed by atoms with Crippen molar-refractivity contribution in [3.8, 4) is 0 Å². The maximum Gasteiger partial charge on any atom is 0.361 e. The summed E-state index contributed by atoms with van der Waals surface area (Å²) in [7, 11) is 5.99. The Morgan fingerprint density at radius 2 is 0.564 bits per heavy atom. The molecule has 0 aromatic rings. The number of carboxylic acid groups (broad SMARTS) is 1. The number of quaternary nitrogens is 1. The zero-order chi connectivity index (χ0) is 73.2. The minimum Gasteiger partial charge on any atom is -0.477 e. The predicted molar refractivity (Wildman–Crippen MR) is 438 cm³/mol. The molecule has 0 amide bonds. The molecule has 9 nitrogen and oxygen atoms in total. The summed E-state index contributed by atoms with van der Waals surface area (Å²) in [6, 6.07) is 0. The number of likely N-dealkylation sites (N-methyl/N-ethyl adjacent to an activating group) is 1. The molecule has 2 atom stereocenters. The molecule has 0 aromatic heterocycles. The van der Waals surface area contributed by atoms with Crippen LogP contribution in [-0.4, -0.2) is 87.4 Å². The summed E-state index contributed by atoms with van der Waals surface area (Å²) in [5.74, 6) is -1.99. The molecule has 1 N–H and O–H groups in total. The molecule has 0 aromatic carbocycles. The van der Waals surface area contributed by atoms with E-state index in [0.29, 0.717) is 23.9 Å². The third-order valence-electron chi connectivity index (χ3n) is 19.4. The molecule has 0 spiro atoms. The Kier molecular flexibility index (Phi) is 78.8. The van der Waals surface area contributed by atoms with E-state index in [9.17, 15) is 19.5 Å². The Bertz CT molecular complexity index is 1990. The number of nitrogens with zero attached hydrogens (tertiary/aromatic N) is 1. The number of aliphatic carboxylic acids is 1. The van der Waals surface area contributed by atoms with Gasteiger partial charge in [0.05, 0.1) is 34.4 Å². The van der Waals surface area contributed by atoms with Crippen molar-refractivity contribution in [3.05, 3.63) is 97.2 Å². The Morgan fingerprint density at radius 3 is 0.842 bits per heavy atom.